The summed E-state index contributed by atoms with van der Waals surface area (Å²) in [6.45, 7) is 0. The molecule has 2 aromatic rings. The molecule has 0 saturated carbocycles. The molecule has 0 aromatic heterocycles. The van der Waals surface area contributed by atoms with Crippen LogP contribution in [-0.4, -0.2) is 36.1 Å². The highest BCUT2D eigenvalue weighted by Gasteiger charge is 2.50. The summed E-state index contributed by atoms with van der Waals surface area (Å²) in [5, 5.41) is 0. The van der Waals surface area contributed by atoms with Crippen molar-refractivity contribution in [2.24, 2.45) is 0 Å². The molecule has 3 rings (SSSR count). The zero-order valence-corrected chi connectivity index (χ0v) is 12.9. The van der Waals surface area contributed by atoms with Crippen LogP contribution in [0.15, 0.2) is 60.7 Å². The lowest BCUT2D eigenvalue weighted by molar-refractivity contribution is -0.150. The fraction of sp³-hybridized carbons (Fsp3) is 0.167. The second-order valence-electron chi connectivity index (χ2n) is 5.22. The zero-order chi connectivity index (χ0) is 17.1. The molecule has 0 aliphatic carbocycles. The molecule has 1 saturated heterocycles. The van der Waals surface area contributed by atoms with Gasteiger partial charge in [-0.25, -0.2) is 14.5 Å². The largest absolute Gasteiger partial charge is 0.466 e. The minimum absolute atomic E-state index is 0.334. The topological polar surface area (TPSA) is 72.9 Å². The van der Waals surface area contributed by atoms with Gasteiger partial charge in [-0.2, -0.15) is 0 Å². The van der Waals surface area contributed by atoms with Gasteiger partial charge < -0.3 is 9.47 Å². The Kier molecular flexibility index (Phi) is 4.29. The van der Waals surface area contributed by atoms with Crippen LogP contribution in [0.5, 0.6) is 0 Å². The maximum Gasteiger partial charge on any atom is 0.418 e. The molecular weight excluding hydrogens is 310 g/mol. The lowest BCUT2D eigenvalue weighted by Gasteiger charge is -2.22. The molecule has 0 bridgehead atoms. The van der Waals surface area contributed by atoms with E-state index in [0.717, 1.165) is 4.90 Å². The van der Waals surface area contributed by atoms with Crippen molar-refractivity contribution < 1.29 is 23.9 Å². The Hall–Kier alpha value is -3.15. The number of imide groups is 1. The number of carbonyl (C=O) groups excluding carboxylic acids is 3. The van der Waals surface area contributed by atoms with E-state index in [2.05, 4.69) is 0 Å². The lowest BCUT2D eigenvalue weighted by Crippen LogP contribution is -2.37. The number of ether oxygens (including phenoxy) is 2. The molecule has 0 radical (unpaired) electrons. The summed E-state index contributed by atoms with van der Waals surface area (Å²) in [7, 11) is 1.21. The Balaban J connectivity index is 2.04. The van der Waals surface area contributed by atoms with E-state index in [0.29, 0.717) is 11.1 Å². The fourth-order valence-electron chi connectivity index (χ4n) is 2.68. The summed E-state index contributed by atoms with van der Waals surface area (Å²) < 4.78 is 9.84. The summed E-state index contributed by atoms with van der Waals surface area (Å²) in [6, 6.07) is 16.3. The normalized spacial score (nSPS) is 19.7. The van der Waals surface area contributed by atoms with Crippen LogP contribution in [0.25, 0.3) is 0 Å². The van der Waals surface area contributed by atoms with Crippen LogP contribution in [-0.2, 0) is 14.3 Å². The predicted molar refractivity (Wildman–Crippen MR) is 84.1 cm³/mol. The van der Waals surface area contributed by atoms with Gasteiger partial charge in [0.2, 0.25) is 6.10 Å². The van der Waals surface area contributed by atoms with Gasteiger partial charge >= 0.3 is 12.1 Å². The van der Waals surface area contributed by atoms with E-state index in [9.17, 15) is 14.4 Å². The lowest BCUT2D eigenvalue weighted by atomic mass is 10.00. The summed E-state index contributed by atoms with van der Waals surface area (Å²) in [4.78, 5) is 38.0. The van der Waals surface area contributed by atoms with Gasteiger partial charge in [-0.15, -0.1) is 0 Å². The van der Waals surface area contributed by atoms with E-state index in [4.69, 9.17) is 9.47 Å². The molecule has 122 valence electrons. The first-order chi connectivity index (χ1) is 11.6. The third-order valence-corrected chi connectivity index (χ3v) is 3.80. The molecule has 1 fully saturated rings. The molecule has 1 aliphatic heterocycles. The Bertz CT molecular complexity index is 759. The number of hydrogen-bond donors (Lipinski definition) is 0. The second-order valence-corrected chi connectivity index (χ2v) is 5.22. The number of hydrogen-bond acceptors (Lipinski definition) is 5. The van der Waals surface area contributed by atoms with Crippen LogP contribution in [0.1, 0.15) is 22.0 Å². The number of methoxy groups -OCH3 is 1. The first-order valence-electron chi connectivity index (χ1n) is 7.35. The van der Waals surface area contributed by atoms with Crippen molar-refractivity contribution in [2.75, 3.05) is 7.11 Å². The predicted octanol–water partition coefficient (Wildman–Crippen LogP) is 2.56. The van der Waals surface area contributed by atoms with Crippen LogP contribution >= 0.6 is 0 Å². The molecule has 6 nitrogen and oxygen atoms in total. The molecule has 2 atom stereocenters. The highest BCUT2D eigenvalue weighted by molar-refractivity contribution is 6.05. The molecule has 24 heavy (non-hydrogen) atoms. The van der Waals surface area contributed by atoms with E-state index >= 15 is 0 Å². The standard InChI is InChI=1S/C18H15NO5/c1-23-17(21)15-14(12-8-4-2-5-9-12)19(18(22)24-15)16(20)13-10-6-3-7-11-13/h2-11,14-15H,1H3/t14?,15-/m0/s1. The van der Waals surface area contributed by atoms with Crippen LogP contribution < -0.4 is 0 Å². The molecule has 0 N–H and O–H groups in total. The van der Waals surface area contributed by atoms with Crippen LogP contribution in [0.4, 0.5) is 4.79 Å². The first-order valence-corrected chi connectivity index (χ1v) is 7.35. The van der Waals surface area contributed by atoms with Crippen molar-refractivity contribution in [1.29, 1.82) is 0 Å². The fourth-order valence-corrected chi connectivity index (χ4v) is 2.68. The van der Waals surface area contributed by atoms with Crippen molar-refractivity contribution in [2.45, 2.75) is 12.1 Å². The molecular formula is C18H15NO5. The Morgan fingerprint density at radius 2 is 1.58 bits per heavy atom. The minimum Gasteiger partial charge on any atom is -0.466 e. The van der Waals surface area contributed by atoms with Gasteiger partial charge in [0, 0.05) is 5.56 Å². The zero-order valence-electron chi connectivity index (χ0n) is 12.9. The van der Waals surface area contributed by atoms with Crippen LogP contribution in [0.3, 0.4) is 0 Å². The van der Waals surface area contributed by atoms with Crippen molar-refractivity contribution >= 4 is 18.0 Å². The number of esters is 1. The summed E-state index contributed by atoms with van der Waals surface area (Å²) in [6.07, 6.45) is -2.06. The molecule has 1 aliphatic rings. The van der Waals surface area contributed by atoms with E-state index in [1.54, 1.807) is 60.7 Å². The third-order valence-electron chi connectivity index (χ3n) is 3.80. The Labute approximate surface area is 138 Å². The summed E-state index contributed by atoms with van der Waals surface area (Å²) >= 11 is 0. The minimum atomic E-state index is -1.20. The number of rotatable bonds is 3. The molecule has 6 heteroatoms. The number of nitrogens with zero attached hydrogens (tertiary/aromatic N) is 1. The Morgan fingerprint density at radius 3 is 2.17 bits per heavy atom. The summed E-state index contributed by atoms with van der Waals surface area (Å²) in [5.41, 5.74) is 0.948. The van der Waals surface area contributed by atoms with Gasteiger partial charge in [0.1, 0.15) is 6.04 Å². The van der Waals surface area contributed by atoms with E-state index in [1.807, 2.05) is 0 Å². The first kappa shape index (κ1) is 15.7. The van der Waals surface area contributed by atoms with Crippen LogP contribution in [0, 0.1) is 0 Å². The van der Waals surface area contributed by atoms with E-state index in [1.165, 1.54) is 7.11 Å². The highest BCUT2D eigenvalue weighted by atomic mass is 16.6. The van der Waals surface area contributed by atoms with E-state index in [-0.39, 0.29) is 0 Å². The summed E-state index contributed by atoms with van der Waals surface area (Å²) in [5.74, 6) is -1.23. The van der Waals surface area contributed by atoms with Crippen molar-refractivity contribution in [1.82, 2.24) is 4.90 Å². The van der Waals surface area contributed by atoms with Gasteiger partial charge in [-0.05, 0) is 17.7 Å². The Morgan fingerprint density at radius 1 is 1.00 bits per heavy atom. The number of carbonyl (C=O) groups is 3. The third kappa shape index (κ3) is 2.74. The van der Waals surface area contributed by atoms with Gasteiger partial charge in [-0.3, -0.25) is 4.79 Å². The van der Waals surface area contributed by atoms with Crippen molar-refractivity contribution in [3.05, 3.63) is 71.8 Å². The second kappa shape index (κ2) is 6.54. The maximum absolute atomic E-state index is 12.8. The molecule has 2 aromatic carbocycles. The quantitative estimate of drug-likeness (QED) is 0.811. The van der Waals surface area contributed by atoms with Gasteiger partial charge in [0.15, 0.2) is 0 Å². The van der Waals surface area contributed by atoms with E-state index < -0.39 is 30.1 Å². The average Bonchev–Trinajstić information content (AvgIpc) is 2.99. The number of benzene rings is 2. The maximum atomic E-state index is 12.8. The van der Waals surface area contributed by atoms with Crippen molar-refractivity contribution in [3.8, 4) is 0 Å². The smallest absolute Gasteiger partial charge is 0.418 e. The van der Waals surface area contributed by atoms with Crippen molar-refractivity contribution in [3.63, 3.8) is 0 Å². The highest BCUT2D eigenvalue weighted by Crippen LogP contribution is 2.35. The average molecular weight is 325 g/mol. The number of amides is 2. The number of cyclic esters (lactones) is 1. The van der Waals surface area contributed by atoms with Gasteiger partial charge in [-0.1, -0.05) is 48.5 Å². The van der Waals surface area contributed by atoms with Gasteiger partial charge in [0.05, 0.1) is 7.11 Å². The molecule has 0 spiro atoms. The molecule has 2 amide bonds. The molecule has 1 heterocycles. The molecule has 1 unspecified atom stereocenters. The monoisotopic (exact) mass is 325 g/mol. The van der Waals surface area contributed by atoms with Crippen LogP contribution in [0.2, 0.25) is 0 Å². The SMILES string of the molecule is COC(=O)[C@H]1OC(=O)N(C(=O)c2ccccc2)C1c1ccccc1. The van der Waals surface area contributed by atoms with Gasteiger partial charge in [0.25, 0.3) is 5.91 Å².